The van der Waals surface area contributed by atoms with Crippen molar-refractivity contribution in [2.24, 2.45) is 0 Å². The van der Waals surface area contributed by atoms with Gasteiger partial charge in [-0.05, 0) is 66.6 Å². The second-order valence-corrected chi connectivity index (χ2v) is 10.8. The Morgan fingerprint density at radius 2 is 1.76 bits per heavy atom. The summed E-state index contributed by atoms with van der Waals surface area (Å²) in [7, 11) is 0. The van der Waals surface area contributed by atoms with Gasteiger partial charge in [0, 0.05) is 28.7 Å². The van der Waals surface area contributed by atoms with Crippen LogP contribution >= 0.6 is 34.7 Å². The van der Waals surface area contributed by atoms with Crippen molar-refractivity contribution in [2.75, 3.05) is 11.5 Å². The lowest BCUT2D eigenvalue weighted by molar-refractivity contribution is -0.132. The molecule has 4 aromatic rings. The van der Waals surface area contributed by atoms with Gasteiger partial charge < -0.3 is 9.84 Å². The van der Waals surface area contributed by atoms with Crippen LogP contribution < -0.4 is 9.64 Å². The molecule has 0 aliphatic carbocycles. The molecule has 0 bridgehead atoms. The number of aliphatic hydroxyl groups excluding tert-OH is 1. The molecule has 2 aromatic heterocycles. The fourth-order valence-electron chi connectivity index (χ4n) is 4.01. The minimum Gasteiger partial charge on any atom is -0.507 e. The Morgan fingerprint density at radius 3 is 2.45 bits per heavy atom. The third-order valence-electron chi connectivity index (χ3n) is 5.78. The highest BCUT2D eigenvalue weighted by molar-refractivity contribution is 8.00. The molecule has 1 fully saturated rings. The largest absolute Gasteiger partial charge is 0.507 e. The van der Waals surface area contributed by atoms with E-state index < -0.39 is 17.7 Å². The third-order valence-corrected chi connectivity index (χ3v) is 8.16. The maximum absolute atomic E-state index is 13.3. The zero-order chi connectivity index (χ0) is 26.6. The molecule has 11 heteroatoms. The molecule has 1 aliphatic rings. The molecule has 0 spiro atoms. The van der Waals surface area contributed by atoms with E-state index in [1.807, 2.05) is 31.2 Å². The number of benzene rings is 2. The van der Waals surface area contributed by atoms with Gasteiger partial charge in [-0.1, -0.05) is 46.8 Å². The van der Waals surface area contributed by atoms with Crippen molar-refractivity contribution in [3.8, 4) is 5.75 Å². The van der Waals surface area contributed by atoms with E-state index in [1.165, 1.54) is 28.0 Å². The predicted octanol–water partition coefficient (Wildman–Crippen LogP) is 5.90. The molecule has 1 saturated heterocycles. The number of hydrogen-bond acceptors (Lipinski definition) is 9. The number of ether oxygens (including phenoxy) is 1. The maximum atomic E-state index is 13.3. The van der Waals surface area contributed by atoms with Crippen LogP contribution in [0.5, 0.6) is 5.75 Å². The predicted molar refractivity (Wildman–Crippen MR) is 148 cm³/mol. The Morgan fingerprint density at radius 1 is 1.05 bits per heavy atom. The van der Waals surface area contributed by atoms with E-state index in [9.17, 15) is 14.7 Å². The van der Waals surface area contributed by atoms with Crippen LogP contribution in [0.4, 0.5) is 5.13 Å². The highest BCUT2D eigenvalue weighted by Crippen LogP contribution is 2.44. The van der Waals surface area contributed by atoms with E-state index in [-0.39, 0.29) is 16.5 Å². The molecule has 2 aromatic carbocycles. The second kappa shape index (κ2) is 11.3. The summed E-state index contributed by atoms with van der Waals surface area (Å²) in [6.07, 6.45) is 3.14. The average Bonchev–Trinajstić information content (AvgIpc) is 3.51. The van der Waals surface area contributed by atoms with Gasteiger partial charge in [0.2, 0.25) is 5.13 Å². The Labute approximate surface area is 232 Å². The summed E-state index contributed by atoms with van der Waals surface area (Å²) in [6.45, 7) is 2.37. The summed E-state index contributed by atoms with van der Waals surface area (Å²) in [5.41, 5.74) is 2.03. The molecular formula is C27H21ClN4O4S2. The number of ketones is 1. The number of halogens is 1. The van der Waals surface area contributed by atoms with Gasteiger partial charge in [-0.25, -0.2) is 0 Å². The van der Waals surface area contributed by atoms with E-state index in [2.05, 4.69) is 15.2 Å². The van der Waals surface area contributed by atoms with Crippen LogP contribution in [0.1, 0.15) is 29.7 Å². The second-order valence-electron chi connectivity index (χ2n) is 8.17. The van der Waals surface area contributed by atoms with E-state index in [4.69, 9.17) is 16.3 Å². The number of aromatic nitrogens is 3. The number of nitrogens with zero attached hydrogens (tertiary/aromatic N) is 4. The first-order valence-corrected chi connectivity index (χ1v) is 13.8. The molecule has 1 N–H and O–H groups in total. The van der Waals surface area contributed by atoms with Crippen molar-refractivity contribution in [3.05, 3.63) is 100 Å². The molecule has 0 saturated carbocycles. The van der Waals surface area contributed by atoms with Crippen molar-refractivity contribution < 1.29 is 19.4 Å². The number of hydrogen-bond donors (Lipinski definition) is 1. The normalized spacial score (nSPS) is 16.7. The number of pyridine rings is 1. The number of aliphatic hydroxyl groups is 1. The smallest absolute Gasteiger partial charge is 0.301 e. The minimum atomic E-state index is -0.897. The van der Waals surface area contributed by atoms with Gasteiger partial charge in [-0.15, -0.1) is 10.2 Å². The van der Waals surface area contributed by atoms with Gasteiger partial charge in [-0.2, -0.15) is 0 Å². The lowest BCUT2D eigenvalue weighted by Crippen LogP contribution is -2.29. The van der Waals surface area contributed by atoms with Crippen LogP contribution in [0.25, 0.3) is 5.76 Å². The molecular weight excluding hydrogens is 544 g/mol. The highest BCUT2D eigenvalue weighted by atomic mass is 35.5. The first kappa shape index (κ1) is 25.9. The molecule has 38 heavy (non-hydrogen) atoms. The Hall–Kier alpha value is -3.73. The lowest BCUT2D eigenvalue weighted by atomic mass is 9.96. The molecule has 192 valence electrons. The number of rotatable bonds is 8. The number of carbonyl (C=O) groups is 2. The topological polar surface area (TPSA) is 106 Å². The zero-order valence-electron chi connectivity index (χ0n) is 20.1. The summed E-state index contributed by atoms with van der Waals surface area (Å²) in [5, 5.41) is 20.6. The molecule has 1 aliphatic heterocycles. The van der Waals surface area contributed by atoms with Crippen molar-refractivity contribution in [3.63, 3.8) is 0 Å². The van der Waals surface area contributed by atoms with Gasteiger partial charge in [0.1, 0.15) is 11.5 Å². The molecule has 8 nitrogen and oxygen atoms in total. The number of carbonyl (C=O) groups excluding carboxylic acids is 2. The molecule has 1 unspecified atom stereocenters. The van der Waals surface area contributed by atoms with E-state index in [0.717, 1.165) is 5.56 Å². The number of amides is 1. The summed E-state index contributed by atoms with van der Waals surface area (Å²) < 4.78 is 6.11. The van der Waals surface area contributed by atoms with Crippen molar-refractivity contribution >= 4 is 57.3 Å². The van der Waals surface area contributed by atoms with Crippen molar-refractivity contribution in [1.82, 2.24) is 15.2 Å². The monoisotopic (exact) mass is 564 g/mol. The molecule has 1 amide bonds. The van der Waals surface area contributed by atoms with Crippen LogP contribution in [-0.2, 0) is 15.3 Å². The summed E-state index contributed by atoms with van der Waals surface area (Å²) in [4.78, 5) is 31.9. The van der Waals surface area contributed by atoms with Gasteiger partial charge in [0.05, 0.1) is 18.2 Å². The number of Topliss-reactive ketones (excluding diaryl/α,β-unsaturated/α-hetero) is 1. The van der Waals surface area contributed by atoms with Gasteiger partial charge in [0.25, 0.3) is 5.78 Å². The molecule has 0 radical (unpaired) electrons. The number of anilines is 1. The van der Waals surface area contributed by atoms with Crippen LogP contribution in [0.2, 0.25) is 5.02 Å². The lowest BCUT2D eigenvalue weighted by Gasteiger charge is -2.22. The third kappa shape index (κ3) is 5.28. The minimum absolute atomic E-state index is 0.0315. The summed E-state index contributed by atoms with van der Waals surface area (Å²) in [6, 6.07) is 16.7. The average molecular weight is 565 g/mol. The SMILES string of the molecule is CCOc1ccc(/C(O)=C2/C(=O)C(=O)N(c3nnc(SCc4ccc(Cl)cc4)s3)C2c2ccncc2)cc1. The van der Waals surface area contributed by atoms with E-state index in [1.54, 1.807) is 48.8 Å². The fraction of sp³-hybridized carbons (Fsp3) is 0.148. The van der Waals surface area contributed by atoms with Gasteiger partial charge in [-0.3, -0.25) is 19.5 Å². The molecule has 5 rings (SSSR count). The first-order chi connectivity index (χ1) is 18.5. The Balaban J connectivity index is 1.50. The fourth-order valence-corrected chi connectivity index (χ4v) is 5.96. The molecule has 1 atom stereocenters. The number of thioether (sulfide) groups is 1. The van der Waals surface area contributed by atoms with Crippen LogP contribution in [0.3, 0.4) is 0 Å². The quantitative estimate of drug-likeness (QED) is 0.0926. The molecule has 3 heterocycles. The summed E-state index contributed by atoms with van der Waals surface area (Å²) in [5.74, 6) is -0.602. The first-order valence-electron chi connectivity index (χ1n) is 11.6. The Bertz CT molecular complexity index is 1490. The van der Waals surface area contributed by atoms with E-state index >= 15 is 0 Å². The van der Waals surface area contributed by atoms with E-state index in [0.29, 0.717) is 38.6 Å². The van der Waals surface area contributed by atoms with Crippen LogP contribution in [0.15, 0.2) is 83.0 Å². The van der Waals surface area contributed by atoms with Crippen LogP contribution in [0, 0.1) is 0 Å². The zero-order valence-corrected chi connectivity index (χ0v) is 22.5. The van der Waals surface area contributed by atoms with Crippen LogP contribution in [-0.4, -0.2) is 38.6 Å². The van der Waals surface area contributed by atoms with Gasteiger partial charge >= 0.3 is 5.91 Å². The Kier molecular flexibility index (Phi) is 7.73. The standard InChI is InChI=1S/C27H21ClN4O4S2/c1-2-36-20-9-5-18(6-10-20)23(33)21-22(17-11-13-29-14-12-17)32(25(35)24(21)34)26-30-31-27(38-26)37-15-16-3-7-19(28)8-4-16/h3-14,22,33H,2,15H2,1H3/b23-21-. The highest BCUT2D eigenvalue weighted by Gasteiger charge is 2.48. The van der Waals surface area contributed by atoms with Gasteiger partial charge in [0.15, 0.2) is 4.34 Å². The maximum Gasteiger partial charge on any atom is 0.301 e. The van der Waals surface area contributed by atoms with Crippen molar-refractivity contribution in [2.45, 2.75) is 23.1 Å². The summed E-state index contributed by atoms with van der Waals surface area (Å²) >= 11 is 8.63. The van der Waals surface area contributed by atoms with Crippen molar-refractivity contribution in [1.29, 1.82) is 0 Å².